The molecule has 5 aliphatic rings. The lowest BCUT2D eigenvalue weighted by atomic mass is 9.59. The summed E-state index contributed by atoms with van der Waals surface area (Å²) < 4.78 is 42.5. The van der Waals surface area contributed by atoms with Crippen LogP contribution in [0.25, 0.3) is 11.0 Å². The van der Waals surface area contributed by atoms with Gasteiger partial charge in [0.2, 0.25) is 0 Å². The molecule has 4 fully saturated rings. The van der Waals surface area contributed by atoms with Crippen LogP contribution in [0.15, 0.2) is 82.8 Å². The number of aromatic amines is 1. The molecule has 5 heterocycles. The summed E-state index contributed by atoms with van der Waals surface area (Å²) in [7, 11) is -4.65. The number of pyridine rings is 1. The minimum atomic E-state index is -4.65. The van der Waals surface area contributed by atoms with Crippen LogP contribution < -0.4 is 19.1 Å². The Labute approximate surface area is 394 Å². The summed E-state index contributed by atoms with van der Waals surface area (Å²) in [4.78, 5) is 38.1. The van der Waals surface area contributed by atoms with Gasteiger partial charge in [0.15, 0.2) is 0 Å². The van der Waals surface area contributed by atoms with E-state index in [-0.39, 0.29) is 57.0 Å². The number of hydrogen-bond acceptors (Lipinski definition) is 12. The van der Waals surface area contributed by atoms with Gasteiger partial charge in [-0.2, -0.15) is 0 Å². The molecule has 10 rings (SSSR count). The van der Waals surface area contributed by atoms with Crippen LogP contribution >= 0.6 is 23.4 Å². The van der Waals surface area contributed by atoms with Crippen molar-refractivity contribution >= 4 is 61.7 Å². The third kappa shape index (κ3) is 8.75. The summed E-state index contributed by atoms with van der Waals surface area (Å²) in [5.41, 5.74) is 4.14. The van der Waals surface area contributed by atoms with Crippen molar-refractivity contribution in [1.82, 2.24) is 19.6 Å². The van der Waals surface area contributed by atoms with Crippen LogP contribution in [0.2, 0.25) is 5.02 Å². The van der Waals surface area contributed by atoms with Crippen molar-refractivity contribution in [3.8, 4) is 17.2 Å². The van der Waals surface area contributed by atoms with Crippen LogP contribution in [0.5, 0.6) is 17.2 Å². The normalized spacial score (nSPS) is 23.4. The molecule has 66 heavy (non-hydrogen) atoms. The zero-order valence-electron chi connectivity index (χ0n) is 37.1. The molecule has 1 spiro atoms. The maximum Gasteiger partial charge on any atom is 0.288 e. The molecule has 1 amide bonds. The number of nitro groups is 1. The number of aliphatic hydroxyl groups is 1. The van der Waals surface area contributed by atoms with Gasteiger partial charge >= 0.3 is 0 Å². The van der Waals surface area contributed by atoms with Crippen LogP contribution in [0.4, 0.5) is 11.4 Å². The third-order valence-electron chi connectivity index (χ3n) is 14.8. The van der Waals surface area contributed by atoms with E-state index in [0.717, 1.165) is 57.1 Å². The number of benzene rings is 3. The number of halogens is 1. The minimum absolute atomic E-state index is 0.0585. The monoisotopic (exact) mass is 954 g/mol. The van der Waals surface area contributed by atoms with Crippen molar-refractivity contribution in [3.05, 3.63) is 105 Å². The molecule has 348 valence electrons. The van der Waals surface area contributed by atoms with Gasteiger partial charge in [0.1, 0.15) is 34.4 Å². The van der Waals surface area contributed by atoms with Crippen molar-refractivity contribution in [3.63, 3.8) is 0 Å². The number of fused-ring (bicyclic) bond motifs is 2. The smallest absolute Gasteiger partial charge is 0.288 e. The average Bonchev–Trinajstić information content (AvgIpc) is 3.94. The zero-order valence-corrected chi connectivity index (χ0v) is 39.5. The molecule has 5 aromatic rings. The highest BCUT2D eigenvalue weighted by Gasteiger charge is 2.50. The SMILES string of the molecule is CC(C)c1ccccc1[C@@H]1CCCN1C1CC2(CCN(c3ccc(C(=O)NS(=O)(=O)c4cc5c(c([N+](=O)[O-])c4)S[C@@H]([C@H]4CC[C@H](O)CC4)CO5)c(Oc4cnc5[nH]cc(Cl)c5c4)c3)CC2)C1. The fraction of sp³-hybridized carbons (Fsp3) is 0.469. The van der Waals surface area contributed by atoms with E-state index in [1.807, 2.05) is 0 Å². The number of carbonyl (C=O) groups excluding carboxylic acids is 1. The maximum absolute atomic E-state index is 14.1. The molecule has 3 aliphatic heterocycles. The molecule has 3 N–H and O–H groups in total. The summed E-state index contributed by atoms with van der Waals surface area (Å²) in [6.07, 6.45) is 12.5. The van der Waals surface area contributed by atoms with E-state index < -0.39 is 31.4 Å². The standard InChI is InChI=1S/C49H55ClN6O8S2/c1-29(2)36-6-3-4-7-37(36)41-8-5-17-55(41)32-24-49(25-32)15-18-54(19-16-49)31-11-14-38(43(20-31)64-34-21-39-40(50)27-52-47(39)51-26-34)48(58)53-66(61,62)35-22-42(56(59)60)46-44(23-35)63-28-45(65-46)30-9-12-33(57)13-10-30/h3-4,6-7,11,14,20-23,26-27,29-30,32-33,41,45,57H,5,8-10,12-13,15-19,24-25,28H2,1-2H3,(H,51,52)(H,53,58)/t30-,33-,41-,45+/m0/s1. The molecule has 2 atom stereocenters. The molecule has 3 aromatic carbocycles. The van der Waals surface area contributed by atoms with Crippen molar-refractivity contribution in [2.24, 2.45) is 11.3 Å². The first-order valence-electron chi connectivity index (χ1n) is 23.2. The zero-order chi connectivity index (χ0) is 45.9. The largest absolute Gasteiger partial charge is 0.491 e. The van der Waals surface area contributed by atoms with E-state index >= 15 is 0 Å². The molecule has 0 bridgehead atoms. The molecular weight excluding hydrogens is 900 g/mol. The highest BCUT2D eigenvalue weighted by molar-refractivity contribution is 8.00. The van der Waals surface area contributed by atoms with Crippen LogP contribution in [-0.2, 0) is 10.0 Å². The van der Waals surface area contributed by atoms with E-state index in [1.54, 1.807) is 30.5 Å². The van der Waals surface area contributed by atoms with E-state index in [0.29, 0.717) is 46.9 Å². The Balaban J connectivity index is 0.865. The first kappa shape index (κ1) is 44.9. The van der Waals surface area contributed by atoms with Gasteiger partial charge in [-0.3, -0.25) is 19.8 Å². The lowest BCUT2D eigenvalue weighted by molar-refractivity contribution is -0.388. The third-order valence-corrected chi connectivity index (χ3v) is 17.9. The molecular formula is C49H55ClN6O8S2. The Morgan fingerprint density at radius 2 is 1.83 bits per heavy atom. The highest BCUT2D eigenvalue weighted by Crippen LogP contribution is 2.55. The first-order chi connectivity index (χ1) is 31.7. The van der Waals surface area contributed by atoms with Crippen LogP contribution in [0.1, 0.15) is 112 Å². The van der Waals surface area contributed by atoms with E-state index in [1.165, 1.54) is 60.8 Å². The van der Waals surface area contributed by atoms with Gasteiger partial charge in [-0.25, -0.2) is 18.1 Å². The fourth-order valence-electron chi connectivity index (χ4n) is 11.2. The summed E-state index contributed by atoms with van der Waals surface area (Å²) in [6.45, 7) is 7.58. The van der Waals surface area contributed by atoms with Gasteiger partial charge in [-0.05, 0) is 117 Å². The van der Waals surface area contributed by atoms with Crippen molar-refractivity contribution in [1.29, 1.82) is 0 Å². The van der Waals surface area contributed by atoms with E-state index in [4.69, 9.17) is 21.1 Å². The number of sulfonamides is 1. The number of nitro benzene ring substituents is 1. The lowest BCUT2D eigenvalue weighted by Gasteiger charge is -2.56. The number of H-pyrrole nitrogens is 1. The van der Waals surface area contributed by atoms with Crippen LogP contribution in [0.3, 0.4) is 0 Å². The second-order valence-electron chi connectivity index (χ2n) is 19.2. The number of nitrogens with zero attached hydrogens (tertiary/aromatic N) is 4. The number of aromatic nitrogens is 2. The van der Waals surface area contributed by atoms with Crippen molar-refractivity contribution < 1.29 is 32.7 Å². The second kappa shape index (κ2) is 18.0. The molecule has 0 unspecified atom stereocenters. The second-order valence-corrected chi connectivity index (χ2v) is 22.6. The van der Waals surface area contributed by atoms with Gasteiger partial charge < -0.3 is 24.5 Å². The summed E-state index contributed by atoms with van der Waals surface area (Å²) in [5, 5.41) is 23.4. The van der Waals surface area contributed by atoms with Gasteiger partial charge in [0.05, 0.1) is 32.7 Å². The molecule has 2 aromatic heterocycles. The molecule has 2 saturated heterocycles. The van der Waals surface area contributed by atoms with Gasteiger partial charge in [-0.15, -0.1) is 11.8 Å². The minimum Gasteiger partial charge on any atom is -0.491 e. The Kier molecular flexibility index (Phi) is 12.2. The molecule has 17 heteroatoms. The Morgan fingerprint density at radius 1 is 1.06 bits per heavy atom. The highest BCUT2D eigenvalue weighted by atomic mass is 35.5. The van der Waals surface area contributed by atoms with Gasteiger partial charge in [0, 0.05) is 65.9 Å². The Morgan fingerprint density at radius 3 is 2.59 bits per heavy atom. The predicted octanol–water partition coefficient (Wildman–Crippen LogP) is 10.1. The number of hydrogen-bond donors (Lipinski definition) is 3. The predicted molar refractivity (Wildman–Crippen MR) is 255 cm³/mol. The maximum atomic E-state index is 14.1. The molecule has 0 radical (unpaired) electrons. The quantitative estimate of drug-likeness (QED) is 0.0844. The topological polar surface area (TPSA) is 180 Å². The van der Waals surface area contributed by atoms with E-state index in [9.17, 15) is 28.4 Å². The van der Waals surface area contributed by atoms with Gasteiger partial charge in [-0.1, -0.05) is 49.7 Å². The number of ether oxygens (including phenoxy) is 2. The van der Waals surface area contributed by atoms with E-state index in [2.05, 4.69) is 62.6 Å². The molecule has 14 nitrogen and oxygen atoms in total. The van der Waals surface area contributed by atoms with Gasteiger partial charge in [0.25, 0.3) is 21.6 Å². The number of anilines is 1. The Bertz CT molecular complexity index is 2780. The van der Waals surface area contributed by atoms with Crippen molar-refractivity contribution in [2.75, 3.05) is 31.1 Å². The Hall–Kier alpha value is -4.87. The number of aliphatic hydroxyl groups excluding tert-OH is 1. The summed E-state index contributed by atoms with van der Waals surface area (Å²) in [6, 6.07) is 19.0. The number of amides is 1. The number of rotatable bonds is 11. The number of piperidine rings is 1. The number of carbonyl (C=O) groups is 1. The molecule has 2 saturated carbocycles. The fourth-order valence-corrected chi connectivity index (χ4v) is 13.8. The number of thioether (sulfide) groups is 1. The van der Waals surface area contributed by atoms with Crippen LogP contribution in [-0.4, -0.2) is 82.9 Å². The first-order valence-corrected chi connectivity index (χ1v) is 25.9. The molecule has 2 aliphatic carbocycles. The summed E-state index contributed by atoms with van der Waals surface area (Å²) >= 11 is 7.73. The summed E-state index contributed by atoms with van der Waals surface area (Å²) in [5.74, 6) is 0.173. The number of likely N-dealkylation sites (tertiary alicyclic amines) is 1. The van der Waals surface area contributed by atoms with Crippen molar-refractivity contribution in [2.45, 2.75) is 117 Å². The average molecular weight is 956 g/mol. The number of nitrogens with one attached hydrogen (secondary N) is 2. The lowest BCUT2D eigenvalue weighted by Crippen LogP contribution is -2.54. The van der Waals surface area contributed by atoms with Crippen LogP contribution in [0, 0.1) is 21.4 Å².